The zero-order valence-electron chi connectivity index (χ0n) is 16.2. The first-order valence-corrected chi connectivity index (χ1v) is 8.94. The largest absolute Gasteiger partial charge is 0.496 e. The van der Waals surface area contributed by atoms with Gasteiger partial charge in [0.25, 0.3) is 0 Å². The summed E-state index contributed by atoms with van der Waals surface area (Å²) in [7, 11) is 5.57. The zero-order chi connectivity index (χ0) is 18.2. The SMILES string of the molecule is CN=C(NCC(C)N1CCOCC1C)N(C)Cc1ccccc1OC. The van der Waals surface area contributed by atoms with Crippen LogP contribution in [0.25, 0.3) is 0 Å². The van der Waals surface area contributed by atoms with Crippen LogP contribution in [0.3, 0.4) is 0 Å². The van der Waals surface area contributed by atoms with E-state index in [4.69, 9.17) is 9.47 Å². The molecule has 0 aromatic heterocycles. The maximum Gasteiger partial charge on any atom is 0.193 e. The average molecular weight is 348 g/mol. The molecule has 6 heteroatoms. The first kappa shape index (κ1) is 19.5. The van der Waals surface area contributed by atoms with Gasteiger partial charge in [-0.05, 0) is 19.9 Å². The van der Waals surface area contributed by atoms with E-state index < -0.39 is 0 Å². The van der Waals surface area contributed by atoms with E-state index in [-0.39, 0.29) is 0 Å². The number of ether oxygens (including phenoxy) is 2. The second-order valence-corrected chi connectivity index (χ2v) is 6.61. The molecule has 2 atom stereocenters. The molecule has 1 aromatic carbocycles. The third-order valence-electron chi connectivity index (χ3n) is 4.71. The van der Waals surface area contributed by atoms with Crippen LogP contribution < -0.4 is 10.1 Å². The third kappa shape index (κ3) is 5.34. The lowest BCUT2D eigenvalue weighted by Crippen LogP contribution is -2.53. The summed E-state index contributed by atoms with van der Waals surface area (Å²) in [5.74, 6) is 1.79. The van der Waals surface area contributed by atoms with Crippen LogP contribution in [-0.2, 0) is 11.3 Å². The van der Waals surface area contributed by atoms with E-state index in [9.17, 15) is 0 Å². The van der Waals surface area contributed by atoms with Crippen molar-refractivity contribution >= 4 is 5.96 Å². The molecule has 1 aromatic rings. The Kier molecular flexibility index (Phi) is 7.52. The zero-order valence-corrected chi connectivity index (χ0v) is 16.2. The highest BCUT2D eigenvalue weighted by molar-refractivity contribution is 5.79. The second kappa shape index (κ2) is 9.63. The van der Waals surface area contributed by atoms with E-state index in [1.807, 2.05) is 32.3 Å². The predicted octanol–water partition coefficient (Wildman–Crippen LogP) is 1.81. The summed E-state index contributed by atoms with van der Waals surface area (Å²) in [4.78, 5) is 9.03. The van der Waals surface area contributed by atoms with Crippen LogP contribution in [0.1, 0.15) is 19.4 Å². The number of rotatable bonds is 6. The summed E-state index contributed by atoms with van der Waals surface area (Å²) >= 11 is 0. The Bertz CT molecular complexity index is 564. The molecule has 1 N–H and O–H groups in total. The molecule has 1 saturated heterocycles. The molecule has 0 bridgehead atoms. The Hall–Kier alpha value is -1.79. The fourth-order valence-corrected chi connectivity index (χ4v) is 3.30. The van der Waals surface area contributed by atoms with E-state index in [1.54, 1.807) is 7.11 Å². The minimum atomic E-state index is 0.426. The number of hydrogen-bond donors (Lipinski definition) is 1. The Balaban J connectivity index is 1.90. The van der Waals surface area contributed by atoms with Crippen LogP contribution in [-0.4, -0.2) is 75.4 Å². The van der Waals surface area contributed by atoms with Gasteiger partial charge >= 0.3 is 0 Å². The quantitative estimate of drug-likeness (QED) is 0.628. The van der Waals surface area contributed by atoms with Crippen molar-refractivity contribution in [3.63, 3.8) is 0 Å². The number of nitrogens with one attached hydrogen (secondary N) is 1. The molecular weight excluding hydrogens is 316 g/mol. The summed E-state index contributed by atoms with van der Waals surface area (Å²) in [6.45, 7) is 8.68. The number of methoxy groups -OCH3 is 1. The molecule has 1 heterocycles. The smallest absolute Gasteiger partial charge is 0.193 e. The summed E-state index contributed by atoms with van der Waals surface area (Å²) in [5, 5.41) is 3.50. The van der Waals surface area contributed by atoms with Gasteiger partial charge in [-0.2, -0.15) is 0 Å². The maximum atomic E-state index is 5.53. The van der Waals surface area contributed by atoms with Crippen LogP contribution in [0, 0.1) is 0 Å². The lowest BCUT2D eigenvalue weighted by molar-refractivity contribution is -0.0175. The van der Waals surface area contributed by atoms with Crippen molar-refractivity contribution in [3.05, 3.63) is 29.8 Å². The van der Waals surface area contributed by atoms with E-state index in [1.165, 1.54) is 0 Å². The number of nitrogens with zero attached hydrogens (tertiary/aromatic N) is 3. The molecule has 0 aliphatic carbocycles. The van der Waals surface area contributed by atoms with E-state index >= 15 is 0 Å². The maximum absolute atomic E-state index is 5.53. The van der Waals surface area contributed by atoms with Gasteiger partial charge in [-0.25, -0.2) is 0 Å². The van der Waals surface area contributed by atoms with Crippen LogP contribution in [0.5, 0.6) is 5.75 Å². The minimum Gasteiger partial charge on any atom is -0.496 e. The topological polar surface area (TPSA) is 49.3 Å². The number of para-hydroxylation sites is 1. The van der Waals surface area contributed by atoms with Gasteiger partial charge in [0.1, 0.15) is 5.75 Å². The standard InChI is InChI=1S/C19H32N4O2/c1-15(23-10-11-25-14-16(23)2)12-21-19(20-3)22(4)13-17-8-6-7-9-18(17)24-5/h6-9,15-16H,10-14H2,1-5H3,(H,20,21). The number of morpholine rings is 1. The normalized spacial score (nSPS) is 20.2. The molecule has 1 fully saturated rings. The molecule has 0 spiro atoms. The van der Waals surface area contributed by atoms with E-state index in [2.05, 4.69) is 40.0 Å². The van der Waals surface area contributed by atoms with Gasteiger partial charge < -0.3 is 19.7 Å². The van der Waals surface area contributed by atoms with Gasteiger partial charge in [0.15, 0.2) is 5.96 Å². The van der Waals surface area contributed by atoms with Crippen molar-refractivity contribution in [3.8, 4) is 5.75 Å². The van der Waals surface area contributed by atoms with Crippen molar-refractivity contribution in [1.29, 1.82) is 0 Å². The number of guanidine groups is 1. The van der Waals surface area contributed by atoms with Crippen molar-refractivity contribution in [2.75, 3.05) is 47.5 Å². The van der Waals surface area contributed by atoms with Gasteiger partial charge in [-0.3, -0.25) is 9.89 Å². The highest BCUT2D eigenvalue weighted by atomic mass is 16.5. The van der Waals surface area contributed by atoms with Gasteiger partial charge in [0.2, 0.25) is 0 Å². The van der Waals surface area contributed by atoms with Gasteiger partial charge in [-0.15, -0.1) is 0 Å². The molecule has 2 unspecified atom stereocenters. The summed E-state index contributed by atoms with van der Waals surface area (Å²) in [5.41, 5.74) is 1.14. The van der Waals surface area contributed by atoms with E-state index in [0.717, 1.165) is 50.1 Å². The molecule has 6 nitrogen and oxygen atoms in total. The second-order valence-electron chi connectivity index (χ2n) is 6.61. The summed E-state index contributed by atoms with van der Waals surface area (Å²) in [6.07, 6.45) is 0. The van der Waals surface area contributed by atoms with Crippen LogP contribution >= 0.6 is 0 Å². The fraction of sp³-hybridized carbons (Fsp3) is 0.632. The Morgan fingerprint density at radius 2 is 2.24 bits per heavy atom. The summed E-state index contributed by atoms with van der Waals surface area (Å²) < 4.78 is 11.0. The van der Waals surface area contributed by atoms with Crippen molar-refractivity contribution in [2.24, 2.45) is 4.99 Å². The molecule has 25 heavy (non-hydrogen) atoms. The molecular formula is C19H32N4O2. The monoisotopic (exact) mass is 348 g/mol. The first-order valence-electron chi connectivity index (χ1n) is 8.94. The number of aliphatic imine (C=N–C) groups is 1. The van der Waals surface area contributed by atoms with Crippen LogP contribution in [0.4, 0.5) is 0 Å². The highest BCUT2D eigenvalue weighted by Crippen LogP contribution is 2.18. The van der Waals surface area contributed by atoms with Crippen LogP contribution in [0.15, 0.2) is 29.3 Å². The van der Waals surface area contributed by atoms with E-state index in [0.29, 0.717) is 12.1 Å². The lowest BCUT2D eigenvalue weighted by Gasteiger charge is -2.38. The third-order valence-corrected chi connectivity index (χ3v) is 4.71. The van der Waals surface area contributed by atoms with Crippen LogP contribution in [0.2, 0.25) is 0 Å². The fourth-order valence-electron chi connectivity index (χ4n) is 3.30. The lowest BCUT2D eigenvalue weighted by atomic mass is 10.2. The molecule has 1 aliphatic heterocycles. The molecule has 0 radical (unpaired) electrons. The number of hydrogen-bond acceptors (Lipinski definition) is 4. The predicted molar refractivity (Wildman–Crippen MR) is 102 cm³/mol. The molecule has 1 aliphatic rings. The molecule has 0 saturated carbocycles. The van der Waals surface area contributed by atoms with Crippen molar-refractivity contribution in [2.45, 2.75) is 32.5 Å². The highest BCUT2D eigenvalue weighted by Gasteiger charge is 2.23. The molecule has 0 amide bonds. The minimum absolute atomic E-state index is 0.426. The van der Waals surface area contributed by atoms with Crippen molar-refractivity contribution in [1.82, 2.24) is 15.1 Å². The van der Waals surface area contributed by atoms with Gasteiger partial charge in [-0.1, -0.05) is 18.2 Å². The molecule has 140 valence electrons. The Morgan fingerprint density at radius 3 is 2.92 bits per heavy atom. The number of benzene rings is 1. The van der Waals surface area contributed by atoms with Crippen molar-refractivity contribution < 1.29 is 9.47 Å². The van der Waals surface area contributed by atoms with Gasteiger partial charge in [0.05, 0.1) is 20.3 Å². The Labute approximate surface area is 151 Å². The molecule has 2 rings (SSSR count). The van der Waals surface area contributed by atoms with Gasteiger partial charge in [0, 0.05) is 51.4 Å². The summed E-state index contributed by atoms with van der Waals surface area (Å²) in [6, 6.07) is 8.97. The average Bonchev–Trinajstić information content (AvgIpc) is 2.63. The first-order chi connectivity index (χ1) is 12.1. The Morgan fingerprint density at radius 1 is 1.48 bits per heavy atom.